The minimum atomic E-state index is 0.465. The molecule has 16 heavy (non-hydrogen) atoms. The Bertz CT molecular complexity index is 498. The van der Waals surface area contributed by atoms with Gasteiger partial charge in [0.2, 0.25) is 0 Å². The molecule has 84 valence electrons. The molecule has 0 atom stereocenters. The first-order valence-corrected chi connectivity index (χ1v) is 4.91. The maximum Gasteiger partial charge on any atom is 0.174 e. The molecule has 0 saturated heterocycles. The highest BCUT2D eigenvalue weighted by Crippen LogP contribution is 2.20. The first-order valence-electron chi connectivity index (χ1n) is 4.54. The molecule has 0 radical (unpaired) electrons. The van der Waals surface area contributed by atoms with Gasteiger partial charge in [-0.25, -0.2) is 14.6 Å². The van der Waals surface area contributed by atoms with Crippen molar-refractivity contribution < 1.29 is 4.84 Å². The van der Waals surface area contributed by atoms with Gasteiger partial charge in [-0.05, 0) is 13.0 Å². The molecule has 0 saturated carbocycles. The molecule has 2 rings (SSSR count). The Labute approximate surface area is 97.2 Å². The lowest BCUT2D eigenvalue weighted by molar-refractivity contribution is 0.271. The lowest BCUT2D eigenvalue weighted by Gasteiger charge is -2.06. The summed E-state index contributed by atoms with van der Waals surface area (Å²) in [5.74, 6) is 1.20. The van der Waals surface area contributed by atoms with Crippen LogP contribution in [-0.4, -0.2) is 26.9 Å². The van der Waals surface area contributed by atoms with Gasteiger partial charge in [-0.3, -0.25) is 10.3 Å². The number of rotatable bonds is 3. The van der Waals surface area contributed by atoms with Gasteiger partial charge in [-0.2, -0.15) is 5.10 Å². The van der Waals surface area contributed by atoms with E-state index in [-0.39, 0.29) is 0 Å². The number of hydrogen-bond donors (Lipinski definition) is 1. The Morgan fingerprint density at radius 2 is 2.25 bits per heavy atom. The summed E-state index contributed by atoms with van der Waals surface area (Å²) in [6, 6.07) is 1.70. The monoisotopic (exact) mass is 239 g/mol. The molecule has 0 aliphatic carbocycles. The van der Waals surface area contributed by atoms with Gasteiger partial charge in [0.05, 0.1) is 24.0 Å². The number of hydrogen-bond acceptors (Lipinski definition) is 5. The van der Waals surface area contributed by atoms with E-state index in [2.05, 4.69) is 20.5 Å². The van der Waals surface area contributed by atoms with Gasteiger partial charge in [0.25, 0.3) is 0 Å². The van der Waals surface area contributed by atoms with Crippen molar-refractivity contribution in [2.75, 3.05) is 12.6 Å². The summed E-state index contributed by atoms with van der Waals surface area (Å²) < 4.78 is 1.52. The van der Waals surface area contributed by atoms with Crippen LogP contribution in [0, 0.1) is 6.92 Å². The Hall–Kier alpha value is -1.66. The van der Waals surface area contributed by atoms with Crippen molar-refractivity contribution >= 4 is 17.3 Å². The fraction of sp³-hybridized carbons (Fsp3) is 0.222. The third-order valence-corrected chi connectivity index (χ3v) is 2.14. The number of pyridine rings is 1. The molecule has 1 N–H and O–H groups in total. The van der Waals surface area contributed by atoms with E-state index in [0.717, 1.165) is 0 Å². The summed E-state index contributed by atoms with van der Waals surface area (Å²) in [7, 11) is 1.52. The molecule has 0 bridgehead atoms. The van der Waals surface area contributed by atoms with Crippen LogP contribution in [0.1, 0.15) is 5.82 Å². The van der Waals surface area contributed by atoms with Crippen LogP contribution < -0.4 is 5.48 Å². The van der Waals surface area contributed by atoms with E-state index in [0.29, 0.717) is 22.4 Å². The summed E-state index contributed by atoms with van der Waals surface area (Å²) in [5.41, 5.74) is 3.31. The van der Waals surface area contributed by atoms with Crippen molar-refractivity contribution in [1.29, 1.82) is 0 Å². The molecule has 0 fully saturated rings. The van der Waals surface area contributed by atoms with Crippen LogP contribution in [0.3, 0.4) is 0 Å². The zero-order chi connectivity index (χ0) is 11.5. The normalized spacial score (nSPS) is 10.4. The summed E-state index contributed by atoms with van der Waals surface area (Å²) >= 11 is 6.06. The van der Waals surface area contributed by atoms with Crippen molar-refractivity contribution in [3.63, 3.8) is 0 Å². The summed E-state index contributed by atoms with van der Waals surface area (Å²) in [6.45, 7) is 1.80. The maximum atomic E-state index is 6.06. The second-order valence-corrected chi connectivity index (χ2v) is 3.48. The van der Waals surface area contributed by atoms with Gasteiger partial charge in [-0.15, -0.1) is 0 Å². The predicted octanol–water partition coefficient (Wildman–Crippen LogP) is 1.60. The highest BCUT2D eigenvalue weighted by Gasteiger charge is 2.07. The smallest absolute Gasteiger partial charge is 0.174 e. The molecule has 2 aromatic rings. The van der Waals surface area contributed by atoms with E-state index in [4.69, 9.17) is 16.4 Å². The minimum absolute atomic E-state index is 0.465. The van der Waals surface area contributed by atoms with Crippen LogP contribution in [0.5, 0.6) is 0 Å². The first kappa shape index (κ1) is 10.8. The van der Waals surface area contributed by atoms with E-state index in [1.165, 1.54) is 11.8 Å². The van der Waals surface area contributed by atoms with Crippen molar-refractivity contribution in [1.82, 2.24) is 19.7 Å². The van der Waals surface area contributed by atoms with Gasteiger partial charge >= 0.3 is 0 Å². The highest BCUT2D eigenvalue weighted by atomic mass is 35.5. The van der Waals surface area contributed by atoms with Crippen molar-refractivity contribution in [2.45, 2.75) is 6.92 Å². The van der Waals surface area contributed by atoms with E-state index in [1.807, 2.05) is 0 Å². The largest absolute Gasteiger partial charge is 0.279 e. The van der Waals surface area contributed by atoms with Gasteiger partial charge in [0, 0.05) is 0 Å². The Morgan fingerprint density at radius 1 is 1.44 bits per heavy atom. The lowest BCUT2D eigenvalue weighted by atomic mass is 10.4. The van der Waals surface area contributed by atoms with E-state index in [1.54, 1.807) is 25.5 Å². The van der Waals surface area contributed by atoms with Crippen molar-refractivity contribution in [3.8, 4) is 5.82 Å². The van der Waals surface area contributed by atoms with E-state index in [9.17, 15) is 0 Å². The van der Waals surface area contributed by atoms with Crippen LogP contribution in [0.15, 0.2) is 18.6 Å². The maximum absolute atomic E-state index is 6.06. The quantitative estimate of drug-likeness (QED) is 0.825. The van der Waals surface area contributed by atoms with Crippen LogP contribution in [-0.2, 0) is 4.84 Å². The lowest BCUT2D eigenvalue weighted by Crippen LogP contribution is -2.02. The molecule has 0 unspecified atom stereocenters. The number of aryl methyl sites for hydroxylation is 1. The Morgan fingerprint density at radius 3 is 2.81 bits per heavy atom. The molecule has 0 spiro atoms. The van der Waals surface area contributed by atoms with Crippen molar-refractivity contribution in [2.24, 2.45) is 0 Å². The third-order valence-electron chi connectivity index (χ3n) is 1.87. The van der Waals surface area contributed by atoms with Crippen LogP contribution in [0.2, 0.25) is 5.02 Å². The fourth-order valence-electron chi connectivity index (χ4n) is 1.22. The number of halogens is 1. The molecule has 0 amide bonds. The van der Waals surface area contributed by atoms with Gasteiger partial charge in [0.15, 0.2) is 5.82 Å². The number of anilines is 1. The average molecular weight is 240 g/mol. The van der Waals surface area contributed by atoms with Gasteiger partial charge in [-0.1, -0.05) is 11.6 Å². The summed E-state index contributed by atoms with van der Waals surface area (Å²) in [6.07, 6.45) is 3.16. The fourth-order valence-corrected chi connectivity index (χ4v) is 1.47. The molecule has 0 aromatic carbocycles. The first-order chi connectivity index (χ1) is 7.70. The van der Waals surface area contributed by atoms with Crippen molar-refractivity contribution in [3.05, 3.63) is 29.4 Å². The zero-order valence-electron chi connectivity index (χ0n) is 8.81. The number of nitrogens with one attached hydrogen (secondary N) is 1. The highest BCUT2D eigenvalue weighted by molar-refractivity contribution is 6.32. The zero-order valence-corrected chi connectivity index (χ0v) is 9.56. The Kier molecular flexibility index (Phi) is 3.02. The Balaban J connectivity index is 2.36. The molecule has 0 aliphatic rings. The van der Waals surface area contributed by atoms with Gasteiger partial charge in [0.1, 0.15) is 12.2 Å². The third kappa shape index (κ3) is 2.12. The summed E-state index contributed by atoms with van der Waals surface area (Å²) in [5, 5.41) is 4.59. The van der Waals surface area contributed by atoms with E-state index >= 15 is 0 Å². The average Bonchev–Trinajstić information content (AvgIpc) is 2.65. The number of aromatic nitrogens is 4. The minimum Gasteiger partial charge on any atom is -0.279 e. The molecule has 2 heterocycles. The summed E-state index contributed by atoms with van der Waals surface area (Å²) in [4.78, 5) is 12.9. The molecule has 7 heteroatoms. The molecule has 2 aromatic heterocycles. The molecule has 0 aliphatic heterocycles. The van der Waals surface area contributed by atoms with E-state index < -0.39 is 0 Å². The second-order valence-electron chi connectivity index (χ2n) is 3.07. The predicted molar refractivity (Wildman–Crippen MR) is 59.5 cm³/mol. The molecule has 6 nitrogen and oxygen atoms in total. The molecular weight excluding hydrogens is 230 g/mol. The van der Waals surface area contributed by atoms with Crippen LogP contribution >= 0.6 is 11.6 Å². The standard InChI is InChI=1S/C9H10ClN5O/c1-6-12-5-15(13-6)9-8(10)3-7(4-11-9)14-16-2/h3-5,14H,1-2H3. The number of nitrogens with zero attached hydrogens (tertiary/aromatic N) is 4. The SMILES string of the molecule is CONc1cnc(-n2cnc(C)n2)c(Cl)c1. The molecular formula is C9H10ClN5O. The topological polar surface area (TPSA) is 64.9 Å². The second kappa shape index (κ2) is 4.46. The van der Waals surface area contributed by atoms with Gasteiger partial charge < -0.3 is 0 Å². The van der Waals surface area contributed by atoms with Crippen LogP contribution in [0.25, 0.3) is 5.82 Å². The van der Waals surface area contributed by atoms with Crippen LogP contribution in [0.4, 0.5) is 5.69 Å².